The van der Waals surface area contributed by atoms with Crippen molar-refractivity contribution in [3.8, 4) is 0 Å². The minimum absolute atomic E-state index is 0.436. The lowest BCUT2D eigenvalue weighted by atomic mass is 9.85. The number of aryl methyl sites for hydroxylation is 1. The first-order valence-electron chi connectivity index (χ1n) is 5.56. The van der Waals surface area contributed by atoms with Crippen LogP contribution in [0.2, 0.25) is 0 Å². The first-order chi connectivity index (χ1) is 7.25. The molecule has 1 heterocycles. The summed E-state index contributed by atoms with van der Waals surface area (Å²) in [5.74, 6) is 1.94. The maximum atomic E-state index is 5.92. The third-order valence-corrected chi connectivity index (χ3v) is 3.41. The molecule has 0 spiro atoms. The average molecular weight is 228 g/mol. The van der Waals surface area contributed by atoms with Crippen LogP contribution in [0, 0.1) is 5.92 Å². The van der Waals surface area contributed by atoms with Gasteiger partial charge in [-0.15, -0.1) is 11.6 Å². The summed E-state index contributed by atoms with van der Waals surface area (Å²) >= 11 is 5.92. The summed E-state index contributed by atoms with van der Waals surface area (Å²) in [6.45, 7) is 2.11. The van der Waals surface area contributed by atoms with Crippen LogP contribution in [-0.4, -0.2) is 28.0 Å². The minimum atomic E-state index is 0.436. The molecule has 84 valence electrons. The number of imidazole rings is 1. The molecule has 0 amide bonds. The first-order valence-corrected chi connectivity index (χ1v) is 6.00. The molecule has 0 atom stereocenters. The average Bonchev–Trinajstić information content (AvgIpc) is 2.55. The highest BCUT2D eigenvalue weighted by molar-refractivity contribution is 6.21. The smallest absolute Gasteiger partial charge is 0.109 e. The van der Waals surface area contributed by atoms with Gasteiger partial charge in [-0.3, -0.25) is 0 Å². The Morgan fingerprint density at radius 3 is 3.00 bits per heavy atom. The van der Waals surface area contributed by atoms with E-state index in [1.165, 1.54) is 12.8 Å². The van der Waals surface area contributed by atoms with Gasteiger partial charge in [0.1, 0.15) is 5.82 Å². The predicted molar refractivity (Wildman–Crippen MR) is 62.1 cm³/mol. The SMILES string of the molecule is Cn1ccnc1CCNCC1CC(Cl)C1. The van der Waals surface area contributed by atoms with Crippen molar-refractivity contribution >= 4 is 11.6 Å². The predicted octanol–water partition coefficient (Wildman–Crippen LogP) is 1.57. The fraction of sp³-hybridized carbons (Fsp3) is 0.727. The number of hydrogen-bond donors (Lipinski definition) is 1. The van der Waals surface area contributed by atoms with E-state index in [1.807, 2.05) is 19.4 Å². The highest BCUT2D eigenvalue weighted by Gasteiger charge is 2.26. The van der Waals surface area contributed by atoms with Gasteiger partial charge in [0, 0.05) is 37.8 Å². The number of aromatic nitrogens is 2. The van der Waals surface area contributed by atoms with Gasteiger partial charge in [-0.2, -0.15) is 0 Å². The molecule has 1 aliphatic rings. The molecule has 1 aliphatic carbocycles. The summed E-state index contributed by atoms with van der Waals surface area (Å²) < 4.78 is 2.07. The number of hydrogen-bond acceptors (Lipinski definition) is 2. The minimum Gasteiger partial charge on any atom is -0.338 e. The van der Waals surface area contributed by atoms with Crippen LogP contribution in [0.25, 0.3) is 0 Å². The zero-order chi connectivity index (χ0) is 10.7. The molecule has 0 bridgehead atoms. The largest absolute Gasteiger partial charge is 0.338 e. The van der Waals surface area contributed by atoms with Gasteiger partial charge in [-0.1, -0.05) is 0 Å². The molecule has 2 rings (SSSR count). The van der Waals surface area contributed by atoms with Crippen molar-refractivity contribution in [1.29, 1.82) is 0 Å². The maximum Gasteiger partial charge on any atom is 0.109 e. The molecule has 0 aromatic carbocycles. The lowest BCUT2D eigenvalue weighted by Crippen LogP contribution is -2.34. The molecule has 0 aliphatic heterocycles. The van der Waals surface area contributed by atoms with Gasteiger partial charge < -0.3 is 9.88 Å². The fourth-order valence-corrected chi connectivity index (χ4v) is 2.47. The van der Waals surface area contributed by atoms with E-state index in [0.717, 1.165) is 31.3 Å². The Morgan fingerprint density at radius 2 is 2.40 bits per heavy atom. The second-order valence-corrected chi connectivity index (χ2v) is 4.96. The van der Waals surface area contributed by atoms with Crippen molar-refractivity contribution in [2.45, 2.75) is 24.6 Å². The van der Waals surface area contributed by atoms with Gasteiger partial charge in [0.2, 0.25) is 0 Å². The van der Waals surface area contributed by atoms with Gasteiger partial charge in [0.15, 0.2) is 0 Å². The molecule has 3 nitrogen and oxygen atoms in total. The zero-order valence-electron chi connectivity index (χ0n) is 9.12. The molecule has 1 fully saturated rings. The van der Waals surface area contributed by atoms with Gasteiger partial charge >= 0.3 is 0 Å². The van der Waals surface area contributed by atoms with E-state index in [9.17, 15) is 0 Å². The molecule has 1 saturated carbocycles. The monoisotopic (exact) mass is 227 g/mol. The molecular weight excluding hydrogens is 210 g/mol. The van der Waals surface area contributed by atoms with Crippen LogP contribution < -0.4 is 5.32 Å². The van der Waals surface area contributed by atoms with Crippen molar-refractivity contribution in [1.82, 2.24) is 14.9 Å². The van der Waals surface area contributed by atoms with Crippen LogP contribution in [0.1, 0.15) is 18.7 Å². The summed E-state index contributed by atoms with van der Waals surface area (Å²) in [6.07, 6.45) is 7.19. The molecular formula is C11H18ClN3. The molecule has 0 radical (unpaired) electrons. The van der Waals surface area contributed by atoms with Crippen molar-refractivity contribution in [3.05, 3.63) is 18.2 Å². The van der Waals surface area contributed by atoms with E-state index in [0.29, 0.717) is 5.38 Å². The molecule has 1 N–H and O–H groups in total. The van der Waals surface area contributed by atoms with Crippen LogP contribution in [-0.2, 0) is 13.5 Å². The number of halogens is 1. The summed E-state index contributed by atoms with van der Waals surface area (Å²) in [7, 11) is 2.03. The Kier molecular flexibility index (Phi) is 3.65. The van der Waals surface area contributed by atoms with Crippen molar-refractivity contribution in [2.24, 2.45) is 13.0 Å². The second-order valence-electron chi connectivity index (χ2n) is 4.34. The van der Waals surface area contributed by atoms with Gasteiger partial charge in [0.25, 0.3) is 0 Å². The Balaban J connectivity index is 1.58. The van der Waals surface area contributed by atoms with E-state index >= 15 is 0 Å². The van der Waals surface area contributed by atoms with Crippen molar-refractivity contribution < 1.29 is 0 Å². The van der Waals surface area contributed by atoms with Crippen molar-refractivity contribution in [2.75, 3.05) is 13.1 Å². The Hall–Kier alpha value is -0.540. The lowest BCUT2D eigenvalue weighted by molar-refractivity contribution is 0.309. The van der Waals surface area contributed by atoms with Crippen LogP contribution in [0.15, 0.2) is 12.4 Å². The summed E-state index contributed by atoms with van der Waals surface area (Å²) in [4.78, 5) is 4.28. The number of nitrogens with zero attached hydrogens (tertiary/aromatic N) is 2. The molecule has 0 saturated heterocycles. The molecule has 15 heavy (non-hydrogen) atoms. The maximum absolute atomic E-state index is 5.92. The highest BCUT2D eigenvalue weighted by Crippen LogP contribution is 2.30. The normalized spacial score (nSPS) is 25.2. The Morgan fingerprint density at radius 1 is 1.60 bits per heavy atom. The number of alkyl halides is 1. The molecule has 1 aromatic heterocycles. The summed E-state index contributed by atoms with van der Waals surface area (Å²) in [5, 5.41) is 3.90. The van der Waals surface area contributed by atoms with Gasteiger partial charge in [0.05, 0.1) is 0 Å². The van der Waals surface area contributed by atoms with E-state index in [4.69, 9.17) is 11.6 Å². The van der Waals surface area contributed by atoms with E-state index in [-0.39, 0.29) is 0 Å². The Bertz CT molecular complexity index is 305. The molecule has 0 unspecified atom stereocenters. The van der Waals surface area contributed by atoms with Crippen molar-refractivity contribution in [3.63, 3.8) is 0 Å². The van der Waals surface area contributed by atoms with Gasteiger partial charge in [-0.25, -0.2) is 4.98 Å². The highest BCUT2D eigenvalue weighted by atomic mass is 35.5. The molecule has 4 heteroatoms. The quantitative estimate of drug-likeness (QED) is 0.612. The third kappa shape index (κ3) is 2.95. The first kappa shape index (κ1) is 11.0. The molecule has 1 aromatic rings. The fourth-order valence-electron chi connectivity index (χ4n) is 1.96. The van der Waals surface area contributed by atoms with E-state index in [2.05, 4.69) is 14.9 Å². The topological polar surface area (TPSA) is 29.9 Å². The van der Waals surface area contributed by atoms with Crippen LogP contribution in [0.5, 0.6) is 0 Å². The van der Waals surface area contributed by atoms with Crippen LogP contribution in [0.3, 0.4) is 0 Å². The third-order valence-electron chi connectivity index (χ3n) is 3.06. The number of rotatable bonds is 5. The van der Waals surface area contributed by atoms with Crippen LogP contribution in [0.4, 0.5) is 0 Å². The van der Waals surface area contributed by atoms with Crippen LogP contribution >= 0.6 is 11.6 Å². The number of nitrogens with one attached hydrogen (secondary N) is 1. The summed E-state index contributed by atoms with van der Waals surface area (Å²) in [5.41, 5.74) is 0. The van der Waals surface area contributed by atoms with E-state index < -0.39 is 0 Å². The standard InChI is InChI=1S/C11H18ClN3/c1-15-5-4-14-11(15)2-3-13-8-9-6-10(12)7-9/h4-5,9-10,13H,2-3,6-8H2,1H3. The second kappa shape index (κ2) is 4.99. The lowest BCUT2D eigenvalue weighted by Gasteiger charge is -2.30. The van der Waals surface area contributed by atoms with Gasteiger partial charge in [-0.05, 0) is 25.3 Å². The Labute approximate surface area is 95.8 Å². The van der Waals surface area contributed by atoms with E-state index in [1.54, 1.807) is 0 Å². The summed E-state index contributed by atoms with van der Waals surface area (Å²) in [6, 6.07) is 0. The zero-order valence-corrected chi connectivity index (χ0v) is 9.87.